The molecular weight excluding hydrogens is 326 g/mol. The van der Waals surface area contributed by atoms with E-state index in [0.29, 0.717) is 5.57 Å². The van der Waals surface area contributed by atoms with Gasteiger partial charge in [-0.25, -0.2) is 0 Å². The molecule has 0 spiro atoms. The fourth-order valence-corrected chi connectivity index (χ4v) is 3.09. The van der Waals surface area contributed by atoms with Crippen molar-refractivity contribution in [3.63, 3.8) is 0 Å². The number of H-pyrrole nitrogens is 1. The predicted octanol–water partition coefficient (Wildman–Crippen LogP) is 3.61. The first-order valence-electron chi connectivity index (χ1n) is 8.32. The van der Waals surface area contributed by atoms with Crippen LogP contribution in [0.2, 0.25) is 0 Å². The Balaban J connectivity index is 1.88. The van der Waals surface area contributed by atoms with Crippen molar-refractivity contribution in [3.05, 3.63) is 72.6 Å². The van der Waals surface area contributed by atoms with Crippen molar-refractivity contribution in [2.45, 2.75) is 0 Å². The number of fused-ring (bicyclic) bond motifs is 1. The fourth-order valence-electron chi connectivity index (χ4n) is 3.09. The van der Waals surface area contributed by atoms with Gasteiger partial charge in [0.1, 0.15) is 5.82 Å². The van der Waals surface area contributed by atoms with Gasteiger partial charge in [0.15, 0.2) is 0 Å². The third-order valence-electron chi connectivity index (χ3n) is 4.34. The highest BCUT2D eigenvalue weighted by molar-refractivity contribution is 6.31. The minimum absolute atomic E-state index is 0.113. The lowest BCUT2D eigenvalue weighted by Crippen LogP contribution is -2.17. The van der Waals surface area contributed by atoms with Crippen LogP contribution in [0.15, 0.2) is 67.0 Å². The Morgan fingerprint density at radius 2 is 1.69 bits per heavy atom. The zero-order chi connectivity index (χ0) is 18.1. The molecule has 130 valence electrons. The summed E-state index contributed by atoms with van der Waals surface area (Å²) in [4.78, 5) is 16.5. The Hall–Kier alpha value is -3.54. The number of para-hydroxylation sites is 3. The summed E-state index contributed by atoms with van der Waals surface area (Å²) >= 11 is 0. The van der Waals surface area contributed by atoms with E-state index in [-0.39, 0.29) is 5.91 Å². The molecule has 2 heterocycles. The average Bonchev–Trinajstić information content (AvgIpc) is 3.27. The molecular formula is C20H19N5O. The largest absolute Gasteiger partial charge is 0.376 e. The number of rotatable bonds is 4. The number of anilines is 4. The average molecular weight is 345 g/mol. The molecule has 4 rings (SSSR count). The van der Waals surface area contributed by atoms with Crippen molar-refractivity contribution < 1.29 is 4.79 Å². The van der Waals surface area contributed by atoms with Crippen molar-refractivity contribution in [3.8, 4) is 0 Å². The summed E-state index contributed by atoms with van der Waals surface area (Å²) in [5.74, 6) is 0.669. The van der Waals surface area contributed by atoms with E-state index in [0.717, 1.165) is 28.4 Å². The van der Waals surface area contributed by atoms with E-state index in [4.69, 9.17) is 0 Å². The molecule has 0 saturated carbocycles. The van der Waals surface area contributed by atoms with E-state index in [2.05, 4.69) is 15.5 Å². The highest BCUT2D eigenvalue weighted by Gasteiger charge is 2.25. The second-order valence-electron chi connectivity index (χ2n) is 6.24. The third kappa shape index (κ3) is 2.71. The minimum atomic E-state index is -0.113. The normalized spacial score (nSPS) is 14.2. The summed E-state index contributed by atoms with van der Waals surface area (Å²) in [5.41, 5.74) is 4.32. The van der Waals surface area contributed by atoms with Gasteiger partial charge in [-0.05, 0) is 18.2 Å². The number of aromatic amines is 1. The van der Waals surface area contributed by atoms with Crippen LogP contribution in [0.3, 0.4) is 0 Å². The van der Waals surface area contributed by atoms with Gasteiger partial charge >= 0.3 is 0 Å². The Labute approximate surface area is 151 Å². The second kappa shape index (κ2) is 6.40. The first-order valence-corrected chi connectivity index (χ1v) is 8.32. The molecule has 3 aromatic rings. The first-order chi connectivity index (χ1) is 12.6. The van der Waals surface area contributed by atoms with Crippen LogP contribution < -0.4 is 15.1 Å². The number of nitrogens with zero attached hydrogens (tertiary/aromatic N) is 3. The number of benzene rings is 2. The molecule has 0 radical (unpaired) electrons. The SMILES string of the molecule is CN(C)c1ccccc1N(C=C1C(=O)Nc2ccccc21)c1ccn[nH]1. The van der Waals surface area contributed by atoms with E-state index in [1.54, 1.807) is 6.20 Å². The Kier molecular flexibility index (Phi) is 3.93. The number of nitrogens with one attached hydrogen (secondary N) is 2. The van der Waals surface area contributed by atoms with Crippen LogP contribution >= 0.6 is 0 Å². The molecule has 2 aromatic carbocycles. The number of hydrogen-bond donors (Lipinski definition) is 2. The van der Waals surface area contributed by atoms with Gasteiger partial charge in [0.2, 0.25) is 0 Å². The minimum Gasteiger partial charge on any atom is -0.376 e. The van der Waals surface area contributed by atoms with Crippen molar-refractivity contribution in [2.24, 2.45) is 0 Å². The van der Waals surface area contributed by atoms with Crippen LogP contribution in [-0.4, -0.2) is 30.2 Å². The Morgan fingerprint density at radius 1 is 0.962 bits per heavy atom. The Bertz CT molecular complexity index is 975. The zero-order valence-corrected chi connectivity index (χ0v) is 14.6. The van der Waals surface area contributed by atoms with Crippen LogP contribution in [-0.2, 0) is 4.79 Å². The highest BCUT2D eigenvalue weighted by Crippen LogP contribution is 2.37. The molecule has 26 heavy (non-hydrogen) atoms. The number of amides is 1. The molecule has 0 unspecified atom stereocenters. The monoisotopic (exact) mass is 345 g/mol. The van der Waals surface area contributed by atoms with Crippen molar-refractivity contribution >= 4 is 34.4 Å². The maximum absolute atomic E-state index is 12.5. The summed E-state index contributed by atoms with van der Waals surface area (Å²) in [7, 11) is 3.99. The van der Waals surface area contributed by atoms with E-state index in [1.165, 1.54) is 0 Å². The Morgan fingerprint density at radius 3 is 2.42 bits per heavy atom. The quantitative estimate of drug-likeness (QED) is 0.709. The van der Waals surface area contributed by atoms with E-state index in [1.807, 2.05) is 84.7 Å². The number of hydrogen-bond acceptors (Lipinski definition) is 4. The lowest BCUT2D eigenvalue weighted by Gasteiger charge is -2.25. The van der Waals surface area contributed by atoms with Crippen molar-refractivity contribution in [1.82, 2.24) is 10.2 Å². The van der Waals surface area contributed by atoms with Gasteiger partial charge in [0.25, 0.3) is 5.91 Å². The topological polar surface area (TPSA) is 64.3 Å². The molecule has 0 atom stereocenters. The fraction of sp³-hybridized carbons (Fsp3) is 0.100. The van der Waals surface area contributed by atoms with Crippen molar-refractivity contribution in [1.29, 1.82) is 0 Å². The maximum Gasteiger partial charge on any atom is 0.257 e. The number of carbonyl (C=O) groups is 1. The second-order valence-corrected chi connectivity index (χ2v) is 6.24. The molecule has 6 heteroatoms. The van der Waals surface area contributed by atoms with Gasteiger partial charge < -0.3 is 10.2 Å². The van der Waals surface area contributed by atoms with Crippen LogP contribution in [0.4, 0.5) is 22.9 Å². The molecule has 6 nitrogen and oxygen atoms in total. The summed E-state index contributed by atoms with van der Waals surface area (Å²) in [5, 5.41) is 9.98. The van der Waals surface area contributed by atoms with Gasteiger partial charge in [-0.2, -0.15) is 5.10 Å². The van der Waals surface area contributed by atoms with Gasteiger partial charge in [-0.3, -0.25) is 14.8 Å². The smallest absolute Gasteiger partial charge is 0.257 e. The molecule has 1 aromatic heterocycles. The van der Waals surface area contributed by atoms with Crippen molar-refractivity contribution in [2.75, 3.05) is 29.2 Å². The molecule has 1 aliphatic rings. The lowest BCUT2D eigenvalue weighted by atomic mass is 10.1. The molecule has 1 aliphatic heterocycles. The molecule has 0 fully saturated rings. The highest BCUT2D eigenvalue weighted by atomic mass is 16.2. The number of carbonyl (C=O) groups excluding carboxylic acids is 1. The van der Waals surface area contributed by atoms with Crippen LogP contribution in [0.5, 0.6) is 0 Å². The van der Waals surface area contributed by atoms with E-state index in [9.17, 15) is 4.79 Å². The summed E-state index contributed by atoms with van der Waals surface area (Å²) in [6.07, 6.45) is 3.55. The van der Waals surface area contributed by atoms with Crippen LogP contribution in [0, 0.1) is 0 Å². The zero-order valence-electron chi connectivity index (χ0n) is 14.6. The summed E-state index contributed by atoms with van der Waals surface area (Å²) < 4.78 is 0. The van der Waals surface area contributed by atoms with E-state index < -0.39 is 0 Å². The molecule has 0 saturated heterocycles. The molecule has 2 N–H and O–H groups in total. The number of aromatic nitrogens is 2. The first kappa shape index (κ1) is 16.0. The van der Waals surface area contributed by atoms with Crippen LogP contribution in [0.1, 0.15) is 5.56 Å². The predicted molar refractivity (Wildman–Crippen MR) is 105 cm³/mol. The van der Waals surface area contributed by atoms with Crippen LogP contribution in [0.25, 0.3) is 5.57 Å². The molecule has 0 aliphatic carbocycles. The molecule has 1 amide bonds. The standard InChI is InChI=1S/C20H19N5O/c1-24(2)17-9-5-6-10-18(17)25(19-11-12-21-23-19)13-15-14-7-3-4-8-16(14)22-20(15)26/h3-13H,1-2H3,(H,21,23)(H,22,26). The lowest BCUT2D eigenvalue weighted by molar-refractivity contribution is -0.110. The molecule has 0 bridgehead atoms. The van der Waals surface area contributed by atoms with E-state index >= 15 is 0 Å². The van der Waals surface area contributed by atoms with Gasteiger partial charge in [-0.1, -0.05) is 30.3 Å². The van der Waals surface area contributed by atoms with Gasteiger partial charge in [0, 0.05) is 37.6 Å². The third-order valence-corrected chi connectivity index (χ3v) is 4.34. The van der Waals surface area contributed by atoms with Gasteiger partial charge in [0.05, 0.1) is 23.1 Å². The summed E-state index contributed by atoms with van der Waals surface area (Å²) in [6, 6.07) is 17.6. The van der Waals surface area contributed by atoms with Gasteiger partial charge in [-0.15, -0.1) is 0 Å². The summed E-state index contributed by atoms with van der Waals surface area (Å²) in [6.45, 7) is 0. The maximum atomic E-state index is 12.5.